The van der Waals surface area contributed by atoms with Crippen molar-refractivity contribution in [1.29, 1.82) is 0 Å². The highest BCUT2D eigenvalue weighted by molar-refractivity contribution is 6.01. The number of ether oxygens (including phenoxy) is 2. The number of amides is 2. The number of carbonyl (C=O) groups excluding carboxylic acids is 2. The molecule has 1 atom stereocenters. The van der Waals surface area contributed by atoms with E-state index in [-0.39, 0.29) is 18.4 Å². The van der Waals surface area contributed by atoms with E-state index in [1.807, 2.05) is 45.0 Å². The van der Waals surface area contributed by atoms with Gasteiger partial charge in [-0.05, 0) is 56.7 Å². The van der Waals surface area contributed by atoms with Crippen molar-refractivity contribution in [1.82, 2.24) is 20.3 Å². The number of fused-ring (bicyclic) bond motifs is 2. The summed E-state index contributed by atoms with van der Waals surface area (Å²) in [7, 11) is 0. The van der Waals surface area contributed by atoms with Crippen LogP contribution in [0.2, 0.25) is 0 Å². The lowest BCUT2D eigenvalue weighted by Crippen LogP contribution is -2.51. The molecule has 4 aromatic rings. The fourth-order valence-electron chi connectivity index (χ4n) is 4.17. The van der Waals surface area contributed by atoms with Crippen LogP contribution in [0.4, 0.5) is 5.69 Å². The number of furan rings is 1. The Morgan fingerprint density at radius 1 is 1.08 bits per heavy atom. The summed E-state index contributed by atoms with van der Waals surface area (Å²) in [5.41, 5.74) is 1.35. The molecule has 10 heteroatoms. The molecule has 0 unspecified atom stereocenters. The molecule has 0 radical (unpaired) electrons. The van der Waals surface area contributed by atoms with Gasteiger partial charge < -0.3 is 19.2 Å². The summed E-state index contributed by atoms with van der Waals surface area (Å²) in [5, 5.41) is 11.4. The van der Waals surface area contributed by atoms with Gasteiger partial charge >= 0.3 is 0 Å². The average molecular weight is 504 g/mol. The first-order chi connectivity index (χ1) is 17.9. The molecule has 192 valence electrons. The lowest BCUT2D eigenvalue weighted by Gasteiger charge is -2.33. The van der Waals surface area contributed by atoms with Gasteiger partial charge in [0, 0.05) is 17.3 Å². The van der Waals surface area contributed by atoms with Crippen LogP contribution in [0.15, 0.2) is 65.3 Å². The first-order valence-electron chi connectivity index (χ1n) is 12.2. The van der Waals surface area contributed by atoms with E-state index < -0.39 is 11.6 Å². The minimum atomic E-state index is -1.08. The summed E-state index contributed by atoms with van der Waals surface area (Å²) in [5.74, 6) is 0.666. The third-order valence-corrected chi connectivity index (χ3v) is 6.44. The van der Waals surface area contributed by atoms with Crippen molar-refractivity contribution < 1.29 is 23.5 Å². The summed E-state index contributed by atoms with van der Waals surface area (Å²) < 4.78 is 18.6. The zero-order valence-corrected chi connectivity index (χ0v) is 21.0. The van der Waals surface area contributed by atoms with Crippen LogP contribution in [-0.2, 0) is 16.1 Å². The number of nitrogens with zero attached hydrogens (tertiary/aromatic N) is 4. The number of hydrogen-bond donors (Lipinski definition) is 1. The second kappa shape index (κ2) is 9.96. The summed E-state index contributed by atoms with van der Waals surface area (Å²) in [6, 6.07) is 14.9. The molecule has 1 N–H and O–H groups in total. The maximum Gasteiger partial charge on any atom is 0.251 e. The highest BCUT2D eigenvalue weighted by Crippen LogP contribution is 2.37. The molecule has 0 saturated heterocycles. The molecular formula is C27H29N5O5. The van der Waals surface area contributed by atoms with Gasteiger partial charge in [-0.15, -0.1) is 5.10 Å². The van der Waals surface area contributed by atoms with Crippen molar-refractivity contribution in [3.63, 3.8) is 0 Å². The fraction of sp³-hybridized carbons (Fsp3) is 0.333. The van der Waals surface area contributed by atoms with E-state index >= 15 is 0 Å². The van der Waals surface area contributed by atoms with Gasteiger partial charge in [0.05, 0.1) is 11.8 Å². The predicted molar refractivity (Wildman–Crippen MR) is 136 cm³/mol. The van der Waals surface area contributed by atoms with E-state index in [2.05, 4.69) is 15.6 Å². The lowest BCUT2D eigenvalue weighted by atomic mass is 10.0. The SMILES string of the molecule is CCC(C)(C)NC(=O)[C@H](c1ccco1)N(C(=O)Cn1nnc2ccccc21)c1ccc2c(c1)OCCO2. The Morgan fingerprint density at radius 3 is 2.62 bits per heavy atom. The van der Waals surface area contributed by atoms with Crippen molar-refractivity contribution >= 4 is 28.5 Å². The van der Waals surface area contributed by atoms with Gasteiger partial charge in [0.1, 0.15) is 31.0 Å². The van der Waals surface area contributed by atoms with Gasteiger partial charge in [0.15, 0.2) is 17.5 Å². The number of aromatic nitrogens is 3. The van der Waals surface area contributed by atoms with E-state index in [1.54, 1.807) is 30.3 Å². The number of anilines is 1. The van der Waals surface area contributed by atoms with Crippen molar-refractivity contribution in [2.24, 2.45) is 0 Å². The number of rotatable bonds is 8. The van der Waals surface area contributed by atoms with Crippen molar-refractivity contribution in [3.05, 3.63) is 66.6 Å². The van der Waals surface area contributed by atoms with Crippen LogP contribution in [0.5, 0.6) is 11.5 Å². The quantitative estimate of drug-likeness (QED) is 0.388. The molecule has 0 fully saturated rings. The van der Waals surface area contributed by atoms with E-state index in [1.165, 1.54) is 15.8 Å². The van der Waals surface area contributed by atoms with Gasteiger partial charge in [0.2, 0.25) is 5.91 Å². The molecule has 37 heavy (non-hydrogen) atoms. The minimum absolute atomic E-state index is 0.142. The Morgan fingerprint density at radius 2 is 1.86 bits per heavy atom. The summed E-state index contributed by atoms with van der Waals surface area (Å²) in [6.07, 6.45) is 2.19. The van der Waals surface area contributed by atoms with Gasteiger partial charge in [-0.2, -0.15) is 0 Å². The lowest BCUT2D eigenvalue weighted by molar-refractivity contribution is -0.128. The standard InChI is InChI=1S/C27H29N5O5/c1-4-27(2,3)28-26(34)25(22-10-7-13-35-22)32(18-11-12-21-23(16-18)37-15-14-36-21)24(33)17-31-20-9-6-5-8-19(20)29-30-31/h5-13,16,25H,4,14-15,17H2,1-3H3,(H,28,34)/t25-/m0/s1. The fourth-order valence-corrected chi connectivity index (χ4v) is 4.17. The van der Waals surface area contributed by atoms with Crippen LogP contribution in [0.25, 0.3) is 11.0 Å². The van der Waals surface area contributed by atoms with Gasteiger partial charge in [-0.3, -0.25) is 14.5 Å². The van der Waals surface area contributed by atoms with E-state index in [0.717, 1.165) is 0 Å². The highest BCUT2D eigenvalue weighted by atomic mass is 16.6. The second-order valence-electron chi connectivity index (χ2n) is 9.47. The van der Waals surface area contributed by atoms with Gasteiger partial charge in [0.25, 0.3) is 5.91 Å². The molecule has 2 aromatic heterocycles. The van der Waals surface area contributed by atoms with Crippen LogP contribution in [0.1, 0.15) is 39.0 Å². The molecule has 0 saturated carbocycles. The number of nitrogens with one attached hydrogen (secondary N) is 1. The molecule has 0 aliphatic carbocycles. The molecule has 0 spiro atoms. The summed E-state index contributed by atoms with van der Waals surface area (Å²) >= 11 is 0. The molecule has 5 rings (SSSR count). The van der Waals surface area contributed by atoms with Crippen LogP contribution in [0.3, 0.4) is 0 Å². The highest BCUT2D eigenvalue weighted by Gasteiger charge is 2.37. The molecule has 10 nitrogen and oxygen atoms in total. The van der Waals surface area contributed by atoms with Crippen LogP contribution >= 0.6 is 0 Å². The number of para-hydroxylation sites is 1. The first kappa shape index (κ1) is 24.4. The topological polar surface area (TPSA) is 112 Å². The molecule has 0 bridgehead atoms. The van der Waals surface area contributed by atoms with Crippen LogP contribution in [0, 0.1) is 0 Å². The third kappa shape index (κ3) is 5.00. The summed E-state index contributed by atoms with van der Waals surface area (Å²) in [4.78, 5) is 29.3. The Kier molecular flexibility index (Phi) is 6.56. The molecule has 2 aromatic carbocycles. The second-order valence-corrected chi connectivity index (χ2v) is 9.47. The van der Waals surface area contributed by atoms with E-state index in [9.17, 15) is 9.59 Å². The number of carbonyl (C=O) groups is 2. The van der Waals surface area contributed by atoms with Gasteiger partial charge in [-0.25, -0.2) is 4.68 Å². The Labute approximate surface area is 214 Å². The number of benzene rings is 2. The van der Waals surface area contributed by atoms with E-state index in [0.29, 0.717) is 53.6 Å². The maximum atomic E-state index is 14.0. The normalized spacial score (nSPS) is 13.8. The minimum Gasteiger partial charge on any atom is -0.486 e. The Bertz CT molecular complexity index is 1410. The average Bonchev–Trinajstić information content (AvgIpc) is 3.57. The monoisotopic (exact) mass is 503 g/mol. The molecular weight excluding hydrogens is 474 g/mol. The largest absolute Gasteiger partial charge is 0.486 e. The van der Waals surface area contributed by atoms with Crippen LogP contribution in [-0.4, -0.2) is 45.6 Å². The summed E-state index contributed by atoms with van der Waals surface area (Å²) in [6.45, 7) is 6.54. The van der Waals surface area contributed by atoms with Crippen molar-refractivity contribution in [3.8, 4) is 11.5 Å². The van der Waals surface area contributed by atoms with Crippen LogP contribution < -0.4 is 19.7 Å². The van der Waals surface area contributed by atoms with Crippen molar-refractivity contribution in [2.45, 2.75) is 45.3 Å². The first-order valence-corrected chi connectivity index (χ1v) is 12.2. The smallest absolute Gasteiger partial charge is 0.251 e. The maximum absolute atomic E-state index is 14.0. The molecule has 1 aliphatic heterocycles. The molecule has 3 heterocycles. The molecule has 2 amide bonds. The predicted octanol–water partition coefficient (Wildman–Crippen LogP) is 3.87. The zero-order valence-electron chi connectivity index (χ0n) is 21.0. The Hall–Kier alpha value is -4.34. The van der Waals surface area contributed by atoms with Gasteiger partial charge in [-0.1, -0.05) is 24.3 Å². The zero-order chi connectivity index (χ0) is 26.0. The van der Waals surface area contributed by atoms with E-state index in [4.69, 9.17) is 13.9 Å². The Balaban J connectivity index is 1.59. The third-order valence-electron chi connectivity index (χ3n) is 6.44. The number of hydrogen-bond acceptors (Lipinski definition) is 7. The molecule has 1 aliphatic rings. The van der Waals surface area contributed by atoms with Crippen molar-refractivity contribution in [2.75, 3.05) is 18.1 Å².